The van der Waals surface area contributed by atoms with E-state index in [9.17, 15) is 18.0 Å². The molecule has 24 heavy (non-hydrogen) atoms. The zero-order chi connectivity index (χ0) is 17.3. The molecule has 0 radical (unpaired) electrons. The van der Waals surface area contributed by atoms with E-state index in [1.165, 1.54) is 17.2 Å². The predicted molar refractivity (Wildman–Crippen MR) is 86.2 cm³/mol. The van der Waals surface area contributed by atoms with E-state index in [-0.39, 0.29) is 11.7 Å². The van der Waals surface area contributed by atoms with Crippen molar-refractivity contribution >= 4 is 23.3 Å². The molecule has 0 atom stereocenters. The van der Waals surface area contributed by atoms with Crippen molar-refractivity contribution in [2.75, 3.05) is 5.32 Å². The molecule has 0 heterocycles. The summed E-state index contributed by atoms with van der Waals surface area (Å²) in [5.41, 5.74) is 1.41. The Morgan fingerprint density at radius 2 is 1.71 bits per heavy atom. The van der Waals surface area contributed by atoms with Crippen molar-refractivity contribution in [3.63, 3.8) is 0 Å². The van der Waals surface area contributed by atoms with E-state index < -0.39 is 22.8 Å². The molecule has 1 aliphatic rings. The lowest BCUT2D eigenvalue weighted by atomic mass is 10.1. The largest absolute Gasteiger partial charge is 0.417 e. The molecule has 1 aliphatic carbocycles. The number of benzene rings is 2. The lowest BCUT2D eigenvalue weighted by Gasteiger charge is -2.15. The second kappa shape index (κ2) is 6.36. The third kappa shape index (κ3) is 3.64. The monoisotopic (exact) mass is 354 g/mol. The van der Waals surface area contributed by atoms with Gasteiger partial charge in [0.15, 0.2) is 0 Å². The van der Waals surface area contributed by atoms with Crippen molar-refractivity contribution in [1.29, 1.82) is 0 Å². The summed E-state index contributed by atoms with van der Waals surface area (Å²) in [4.78, 5) is 12.0. The van der Waals surface area contributed by atoms with Crippen LogP contribution in [0.4, 0.5) is 23.7 Å². The van der Waals surface area contributed by atoms with Crippen LogP contribution in [-0.2, 0) is 19.0 Å². The number of carbonyl (C=O) groups is 1. The second-order valence-electron chi connectivity index (χ2n) is 5.66. The summed E-state index contributed by atoms with van der Waals surface area (Å²) in [6.07, 6.45) is -3.16. The number of urea groups is 1. The molecule has 2 amide bonds. The SMILES string of the molecule is O=C(Nc1ccc(Cl)c(C(F)(F)F)c1)NC1Cc2ccccc2C1. The van der Waals surface area contributed by atoms with Gasteiger partial charge in [-0.05, 0) is 42.2 Å². The first-order valence-electron chi connectivity index (χ1n) is 7.34. The zero-order valence-electron chi connectivity index (χ0n) is 12.5. The van der Waals surface area contributed by atoms with Gasteiger partial charge >= 0.3 is 12.2 Å². The number of halogens is 4. The van der Waals surface area contributed by atoms with Gasteiger partial charge in [-0.25, -0.2) is 4.79 Å². The molecule has 0 aromatic heterocycles. The third-order valence-corrected chi connectivity index (χ3v) is 4.25. The molecule has 7 heteroatoms. The van der Waals surface area contributed by atoms with Gasteiger partial charge in [0.1, 0.15) is 0 Å². The fraction of sp³-hybridized carbons (Fsp3) is 0.235. The Hall–Kier alpha value is -2.21. The van der Waals surface area contributed by atoms with Crippen LogP contribution in [0.15, 0.2) is 42.5 Å². The predicted octanol–water partition coefficient (Wildman–Crippen LogP) is 4.65. The van der Waals surface area contributed by atoms with Gasteiger partial charge in [-0.15, -0.1) is 0 Å². The molecule has 0 unspecified atom stereocenters. The highest BCUT2D eigenvalue weighted by atomic mass is 35.5. The molecule has 2 aromatic carbocycles. The maximum atomic E-state index is 12.8. The van der Waals surface area contributed by atoms with Crippen LogP contribution >= 0.6 is 11.6 Å². The Morgan fingerprint density at radius 3 is 2.29 bits per heavy atom. The minimum atomic E-state index is -4.57. The number of hydrogen-bond donors (Lipinski definition) is 2. The van der Waals surface area contributed by atoms with Gasteiger partial charge < -0.3 is 10.6 Å². The van der Waals surface area contributed by atoms with Crippen LogP contribution in [0, 0.1) is 0 Å². The molecule has 3 nitrogen and oxygen atoms in total. The van der Waals surface area contributed by atoms with Crippen LogP contribution in [0.3, 0.4) is 0 Å². The normalized spacial score (nSPS) is 14.3. The summed E-state index contributed by atoms with van der Waals surface area (Å²) in [6.45, 7) is 0. The van der Waals surface area contributed by atoms with E-state index in [0.29, 0.717) is 12.8 Å². The number of alkyl halides is 3. The van der Waals surface area contributed by atoms with Gasteiger partial charge in [0.05, 0.1) is 10.6 Å². The molecule has 2 aromatic rings. The van der Waals surface area contributed by atoms with Gasteiger partial charge in [-0.3, -0.25) is 0 Å². The van der Waals surface area contributed by atoms with Crippen LogP contribution in [0.2, 0.25) is 5.02 Å². The number of rotatable bonds is 2. The molecule has 0 bridgehead atoms. The summed E-state index contributed by atoms with van der Waals surface area (Å²) in [6, 6.07) is 10.5. The molecular formula is C17H14ClF3N2O. The Morgan fingerprint density at radius 1 is 1.08 bits per heavy atom. The van der Waals surface area contributed by atoms with E-state index in [2.05, 4.69) is 10.6 Å². The third-order valence-electron chi connectivity index (χ3n) is 3.92. The van der Waals surface area contributed by atoms with Crippen LogP contribution in [0.25, 0.3) is 0 Å². The van der Waals surface area contributed by atoms with Crippen molar-refractivity contribution < 1.29 is 18.0 Å². The lowest BCUT2D eigenvalue weighted by molar-refractivity contribution is -0.137. The smallest absolute Gasteiger partial charge is 0.334 e. The van der Waals surface area contributed by atoms with E-state index >= 15 is 0 Å². The molecule has 3 rings (SSSR count). The summed E-state index contributed by atoms with van der Waals surface area (Å²) in [7, 11) is 0. The highest BCUT2D eigenvalue weighted by Gasteiger charge is 2.33. The number of anilines is 1. The van der Waals surface area contributed by atoms with Crippen LogP contribution in [0.5, 0.6) is 0 Å². The van der Waals surface area contributed by atoms with Crippen molar-refractivity contribution in [3.8, 4) is 0 Å². The minimum absolute atomic E-state index is 0.0414. The Labute approximate surface area is 141 Å². The molecule has 126 valence electrons. The number of nitrogens with one attached hydrogen (secondary N) is 2. The van der Waals surface area contributed by atoms with Crippen molar-refractivity contribution in [2.45, 2.75) is 25.1 Å². The van der Waals surface area contributed by atoms with Gasteiger partial charge in [-0.2, -0.15) is 13.2 Å². The van der Waals surface area contributed by atoms with Crippen LogP contribution < -0.4 is 10.6 Å². The Bertz CT molecular complexity index is 752. The van der Waals surface area contributed by atoms with Crippen molar-refractivity contribution in [1.82, 2.24) is 5.32 Å². The Balaban J connectivity index is 1.64. The number of amides is 2. The molecule has 0 aliphatic heterocycles. The highest BCUT2D eigenvalue weighted by molar-refractivity contribution is 6.31. The van der Waals surface area contributed by atoms with E-state index in [4.69, 9.17) is 11.6 Å². The maximum absolute atomic E-state index is 12.8. The minimum Gasteiger partial charge on any atom is -0.334 e. The summed E-state index contributed by atoms with van der Waals surface area (Å²) in [5, 5.41) is 4.81. The highest BCUT2D eigenvalue weighted by Crippen LogP contribution is 2.36. The van der Waals surface area contributed by atoms with E-state index in [1.807, 2.05) is 24.3 Å². The lowest BCUT2D eigenvalue weighted by Crippen LogP contribution is -2.38. The average Bonchev–Trinajstić information content (AvgIpc) is 2.90. The first-order chi connectivity index (χ1) is 11.3. The second-order valence-corrected chi connectivity index (χ2v) is 6.07. The number of carbonyl (C=O) groups excluding carboxylic acids is 1. The summed E-state index contributed by atoms with van der Waals surface area (Å²) < 4.78 is 38.5. The number of fused-ring (bicyclic) bond motifs is 1. The van der Waals surface area contributed by atoms with Gasteiger partial charge in [0.2, 0.25) is 0 Å². The summed E-state index contributed by atoms with van der Waals surface area (Å²) >= 11 is 5.56. The fourth-order valence-corrected chi connectivity index (χ4v) is 3.06. The molecule has 0 fully saturated rings. The van der Waals surface area contributed by atoms with Gasteiger partial charge in [0.25, 0.3) is 0 Å². The molecule has 2 N–H and O–H groups in total. The quantitative estimate of drug-likeness (QED) is 0.810. The first kappa shape index (κ1) is 16.6. The average molecular weight is 355 g/mol. The number of hydrogen-bond acceptors (Lipinski definition) is 1. The van der Waals surface area contributed by atoms with Crippen molar-refractivity contribution in [3.05, 3.63) is 64.2 Å². The van der Waals surface area contributed by atoms with Crippen LogP contribution in [-0.4, -0.2) is 12.1 Å². The molecule has 0 spiro atoms. The Kier molecular flexibility index (Phi) is 4.41. The van der Waals surface area contributed by atoms with E-state index in [0.717, 1.165) is 12.1 Å². The van der Waals surface area contributed by atoms with Gasteiger partial charge in [0, 0.05) is 11.7 Å². The van der Waals surface area contributed by atoms with Crippen LogP contribution in [0.1, 0.15) is 16.7 Å². The zero-order valence-corrected chi connectivity index (χ0v) is 13.2. The maximum Gasteiger partial charge on any atom is 0.417 e. The molecule has 0 saturated carbocycles. The van der Waals surface area contributed by atoms with Crippen molar-refractivity contribution in [2.24, 2.45) is 0 Å². The standard InChI is InChI=1S/C17H14ClF3N2O/c18-15-6-5-12(9-14(15)17(19,20)21)22-16(24)23-13-7-10-3-1-2-4-11(10)8-13/h1-6,9,13H,7-8H2,(H2,22,23,24). The topological polar surface area (TPSA) is 41.1 Å². The molecular weight excluding hydrogens is 341 g/mol. The first-order valence-corrected chi connectivity index (χ1v) is 7.72. The molecule has 0 saturated heterocycles. The summed E-state index contributed by atoms with van der Waals surface area (Å²) in [5.74, 6) is 0. The van der Waals surface area contributed by atoms with E-state index in [1.54, 1.807) is 0 Å². The van der Waals surface area contributed by atoms with Gasteiger partial charge in [-0.1, -0.05) is 35.9 Å². The fourth-order valence-electron chi connectivity index (χ4n) is 2.83.